The largest absolute Gasteiger partial charge is 0.464 e. The fourth-order valence-corrected chi connectivity index (χ4v) is 4.50. The van der Waals surface area contributed by atoms with Crippen molar-refractivity contribution in [3.05, 3.63) is 35.4 Å². The number of rotatable bonds is 17. The number of likely N-dealkylation sites (N-methyl/N-ethyl adjacent to an activating group) is 2. The molecule has 2 atom stereocenters. The van der Waals surface area contributed by atoms with Gasteiger partial charge in [0.05, 0.1) is 25.9 Å². The predicted molar refractivity (Wildman–Crippen MR) is 166 cm³/mol. The Bertz CT molecular complexity index is 1270. The first-order valence-corrected chi connectivity index (χ1v) is 15.4. The average molecular weight is 647 g/mol. The molecule has 0 spiro atoms. The van der Waals surface area contributed by atoms with Crippen LogP contribution in [0.5, 0.6) is 0 Å². The van der Waals surface area contributed by atoms with Crippen molar-refractivity contribution in [2.75, 3.05) is 39.4 Å². The van der Waals surface area contributed by atoms with Crippen LogP contribution in [0, 0.1) is 11.8 Å². The van der Waals surface area contributed by atoms with Gasteiger partial charge < -0.3 is 39.9 Å². The lowest BCUT2D eigenvalue weighted by molar-refractivity contribution is -0.147. The highest BCUT2D eigenvalue weighted by atomic mass is 16.5. The lowest BCUT2D eigenvalue weighted by Crippen LogP contribution is -2.46. The molecule has 0 saturated heterocycles. The number of amides is 4. The Morgan fingerprint density at radius 3 is 1.30 bits per heavy atom. The van der Waals surface area contributed by atoms with E-state index in [1.54, 1.807) is 55.4 Å². The molecular weight excluding hydrogens is 600 g/mol. The van der Waals surface area contributed by atoms with Crippen LogP contribution in [-0.4, -0.2) is 117 Å². The first kappa shape index (κ1) is 37.4. The summed E-state index contributed by atoms with van der Waals surface area (Å²) < 4.78 is 10.1. The van der Waals surface area contributed by atoms with E-state index in [4.69, 9.17) is 9.47 Å². The number of imidazole rings is 2. The summed E-state index contributed by atoms with van der Waals surface area (Å²) in [5, 5.41) is 5.21. The molecule has 254 valence electrons. The molecule has 2 aromatic heterocycles. The summed E-state index contributed by atoms with van der Waals surface area (Å²) in [6.45, 7) is 14.8. The van der Waals surface area contributed by atoms with Crippen LogP contribution in [0.2, 0.25) is 0 Å². The van der Waals surface area contributed by atoms with Gasteiger partial charge in [-0.15, -0.1) is 0 Å². The Labute approximate surface area is 268 Å². The first-order valence-electron chi connectivity index (χ1n) is 15.4. The van der Waals surface area contributed by atoms with Gasteiger partial charge in [0.25, 0.3) is 23.6 Å². The maximum absolute atomic E-state index is 13.5. The van der Waals surface area contributed by atoms with E-state index < -0.39 is 47.7 Å². The zero-order valence-corrected chi connectivity index (χ0v) is 27.8. The van der Waals surface area contributed by atoms with Crippen molar-refractivity contribution in [3.63, 3.8) is 0 Å². The van der Waals surface area contributed by atoms with Crippen LogP contribution in [0.1, 0.15) is 97.3 Å². The maximum Gasteiger partial charge on any atom is 0.328 e. The topological polar surface area (TPSA) is 209 Å². The van der Waals surface area contributed by atoms with Gasteiger partial charge in [-0.1, -0.05) is 27.7 Å². The fourth-order valence-electron chi connectivity index (χ4n) is 4.50. The standard InChI is InChI=1S/C30H46N8O8/c1-9-37(27(41)23-21(31-15-33-23)25(39)35-19(17(5)6)29(43)45-11-3)13-14-38(10-2)28(42)24-22(32-16-34-24)26(40)36-20(18(7)8)30(44)46-12-4/h15-20H,9-14H2,1-8H3,(H,31,33)(H,32,34)(H,35,39)(H,36,40)/t19-,20-/m0/s1. The van der Waals surface area contributed by atoms with Gasteiger partial charge in [-0.05, 0) is 39.5 Å². The summed E-state index contributed by atoms with van der Waals surface area (Å²) in [5.41, 5.74) is -0.516. The van der Waals surface area contributed by atoms with E-state index in [1.165, 1.54) is 22.5 Å². The van der Waals surface area contributed by atoms with Crippen molar-refractivity contribution in [1.29, 1.82) is 0 Å². The Kier molecular flexibility index (Phi) is 14.4. The molecule has 16 nitrogen and oxygen atoms in total. The summed E-state index contributed by atoms with van der Waals surface area (Å²) in [4.78, 5) is 94.1. The van der Waals surface area contributed by atoms with Crippen molar-refractivity contribution in [2.45, 2.75) is 67.5 Å². The Morgan fingerprint density at radius 1 is 0.674 bits per heavy atom. The minimum absolute atomic E-state index is 0.0751. The summed E-state index contributed by atoms with van der Waals surface area (Å²) in [6, 6.07) is -1.87. The highest BCUT2D eigenvalue weighted by Gasteiger charge is 2.32. The van der Waals surface area contributed by atoms with Crippen LogP contribution in [0.15, 0.2) is 12.7 Å². The predicted octanol–water partition coefficient (Wildman–Crippen LogP) is 1.39. The zero-order chi connectivity index (χ0) is 34.6. The molecule has 46 heavy (non-hydrogen) atoms. The fraction of sp³-hybridized carbons (Fsp3) is 0.600. The molecule has 4 amide bonds. The number of ether oxygens (including phenoxy) is 2. The number of nitrogens with one attached hydrogen (secondary N) is 4. The molecular formula is C30H46N8O8. The van der Waals surface area contributed by atoms with E-state index in [0.717, 1.165) is 0 Å². The monoisotopic (exact) mass is 646 g/mol. The average Bonchev–Trinajstić information content (AvgIpc) is 3.71. The van der Waals surface area contributed by atoms with Crippen LogP contribution in [0.25, 0.3) is 0 Å². The number of H-pyrrole nitrogens is 2. The van der Waals surface area contributed by atoms with E-state index in [2.05, 4.69) is 30.6 Å². The third-order valence-electron chi connectivity index (χ3n) is 7.10. The Morgan fingerprint density at radius 2 is 1.02 bits per heavy atom. The lowest BCUT2D eigenvalue weighted by atomic mass is 10.0. The molecule has 0 aromatic carbocycles. The van der Waals surface area contributed by atoms with Crippen molar-refractivity contribution in [1.82, 2.24) is 40.4 Å². The zero-order valence-electron chi connectivity index (χ0n) is 27.8. The van der Waals surface area contributed by atoms with E-state index >= 15 is 0 Å². The number of hydrogen-bond donors (Lipinski definition) is 4. The van der Waals surface area contributed by atoms with Gasteiger partial charge in [-0.2, -0.15) is 0 Å². The van der Waals surface area contributed by atoms with Gasteiger partial charge >= 0.3 is 11.9 Å². The van der Waals surface area contributed by atoms with Crippen molar-refractivity contribution in [2.24, 2.45) is 11.8 Å². The molecule has 16 heteroatoms. The van der Waals surface area contributed by atoms with Crippen molar-refractivity contribution < 1.29 is 38.2 Å². The minimum atomic E-state index is -0.936. The molecule has 0 fully saturated rings. The second-order valence-corrected chi connectivity index (χ2v) is 10.9. The van der Waals surface area contributed by atoms with Gasteiger partial charge in [0, 0.05) is 26.2 Å². The molecule has 0 aliphatic carbocycles. The van der Waals surface area contributed by atoms with Gasteiger partial charge in [-0.3, -0.25) is 19.2 Å². The molecule has 0 aliphatic heterocycles. The molecule has 2 aromatic rings. The number of aromatic nitrogens is 4. The van der Waals surface area contributed by atoms with Crippen molar-refractivity contribution >= 4 is 35.6 Å². The molecule has 0 radical (unpaired) electrons. The number of nitrogens with zero attached hydrogens (tertiary/aromatic N) is 4. The number of aromatic amines is 2. The smallest absolute Gasteiger partial charge is 0.328 e. The Hall–Kier alpha value is -4.76. The molecule has 0 aliphatic rings. The van der Waals surface area contributed by atoms with Crippen LogP contribution >= 0.6 is 0 Å². The third kappa shape index (κ3) is 9.37. The van der Waals surface area contributed by atoms with Gasteiger partial charge in [0.1, 0.15) is 23.5 Å². The molecule has 2 rings (SSSR count). The minimum Gasteiger partial charge on any atom is -0.464 e. The highest BCUT2D eigenvalue weighted by molar-refractivity contribution is 6.06. The van der Waals surface area contributed by atoms with Gasteiger partial charge in [-0.25, -0.2) is 19.6 Å². The molecule has 0 unspecified atom stereocenters. The van der Waals surface area contributed by atoms with Gasteiger partial charge in [0.2, 0.25) is 0 Å². The maximum atomic E-state index is 13.5. The number of carbonyl (C=O) groups excluding carboxylic acids is 6. The quantitative estimate of drug-likeness (QED) is 0.182. The van der Waals surface area contributed by atoms with Crippen LogP contribution in [-0.2, 0) is 19.1 Å². The summed E-state index contributed by atoms with van der Waals surface area (Å²) in [5.74, 6) is -4.24. The van der Waals surface area contributed by atoms with Crippen LogP contribution < -0.4 is 10.6 Å². The third-order valence-corrected chi connectivity index (χ3v) is 7.10. The van der Waals surface area contributed by atoms with Crippen LogP contribution in [0.4, 0.5) is 0 Å². The number of hydrogen-bond acceptors (Lipinski definition) is 10. The van der Waals surface area contributed by atoms with Crippen LogP contribution in [0.3, 0.4) is 0 Å². The Balaban J connectivity index is 2.17. The highest BCUT2D eigenvalue weighted by Crippen LogP contribution is 2.13. The first-order chi connectivity index (χ1) is 21.8. The SMILES string of the molecule is CCOC(=O)[C@@H](NC(=O)c1nc[nH]c1C(=O)N(CC)CCN(CC)C(=O)c1[nH]cnc1C(=O)N[C@H](C(=O)OCC)C(C)C)C(C)C. The normalized spacial score (nSPS) is 12.3. The molecule has 0 saturated carbocycles. The molecule has 4 N–H and O–H groups in total. The van der Waals surface area contributed by atoms with Crippen molar-refractivity contribution in [3.8, 4) is 0 Å². The van der Waals surface area contributed by atoms with E-state index in [-0.39, 0.29) is 74.0 Å². The van der Waals surface area contributed by atoms with E-state index in [0.29, 0.717) is 0 Å². The van der Waals surface area contributed by atoms with Gasteiger partial charge in [0.15, 0.2) is 11.4 Å². The lowest BCUT2D eigenvalue weighted by Gasteiger charge is -2.26. The van der Waals surface area contributed by atoms with E-state index in [1.807, 2.05) is 0 Å². The second-order valence-electron chi connectivity index (χ2n) is 10.9. The number of esters is 2. The molecule has 2 heterocycles. The summed E-state index contributed by atoms with van der Waals surface area (Å²) >= 11 is 0. The van der Waals surface area contributed by atoms with E-state index in [9.17, 15) is 28.8 Å². The summed E-state index contributed by atoms with van der Waals surface area (Å²) in [7, 11) is 0. The summed E-state index contributed by atoms with van der Waals surface area (Å²) in [6.07, 6.45) is 2.42. The second kappa shape index (κ2) is 17.7. The number of carbonyl (C=O) groups is 6. The molecule has 0 bridgehead atoms.